The van der Waals surface area contributed by atoms with Gasteiger partial charge in [0.05, 0.1) is 16.6 Å². The summed E-state index contributed by atoms with van der Waals surface area (Å²) in [6.07, 6.45) is 2.01. The average Bonchev–Trinajstić information content (AvgIpc) is 3.48. The fourth-order valence-corrected chi connectivity index (χ4v) is 4.98. The van der Waals surface area contributed by atoms with Crippen molar-refractivity contribution in [2.75, 3.05) is 26.7 Å². The summed E-state index contributed by atoms with van der Waals surface area (Å²) in [5.41, 5.74) is 4.70. The summed E-state index contributed by atoms with van der Waals surface area (Å²) in [7, 11) is 2.07. The van der Waals surface area contributed by atoms with Crippen LogP contribution in [0.25, 0.3) is 16.6 Å². The first-order valence-corrected chi connectivity index (χ1v) is 11.2. The van der Waals surface area contributed by atoms with Gasteiger partial charge >= 0.3 is 0 Å². The Hall–Kier alpha value is -2.62. The maximum Gasteiger partial charge on any atom is 0.273 e. The van der Waals surface area contributed by atoms with E-state index in [9.17, 15) is 4.79 Å². The fraction of sp³-hybridized carbons (Fsp3) is 0.300. The predicted octanol–water partition coefficient (Wildman–Crippen LogP) is 3.35. The molecule has 1 amide bonds. The SMILES string of the molecule is Cc1nc(C(=O)N2CCN(C)[C@@H](c3nnn4cc(-c5ccsc5)ccc34)C2)cs1. The number of rotatable bonds is 3. The summed E-state index contributed by atoms with van der Waals surface area (Å²) in [4.78, 5) is 21.4. The lowest BCUT2D eigenvalue weighted by atomic mass is 10.1. The van der Waals surface area contributed by atoms with Crippen LogP contribution in [0.1, 0.15) is 27.2 Å². The Bertz CT molecular complexity index is 1170. The number of likely N-dealkylation sites (N-methyl/N-ethyl adjacent to an activating group) is 1. The van der Waals surface area contributed by atoms with Crippen molar-refractivity contribution >= 4 is 34.1 Å². The van der Waals surface area contributed by atoms with Crippen LogP contribution in [0.3, 0.4) is 0 Å². The molecular weight excluding hydrogens is 404 g/mol. The number of thiazole rings is 1. The maximum atomic E-state index is 12.9. The minimum atomic E-state index is -0.0105. The minimum Gasteiger partial charge on any atom is -0.334 e. The van der Waals surface area contributed by atoms with Crippen LogP contribution < -0.4 is 0 Å². The first-order chi connectivity index (χ1) is 14.1. The number of carbonyl (C=O) groups excluding carboxylic acids is 1. The summed E-state index contributed by atoms with van der Waals surface area (Å²) in [6.45, 7) is 3.96. The van der Waals surface area contributed by atoms with Crippen molar-refractivity contribution in [2.45, 2.75) is 13.0 Å². The molecule has 0 N–H and O–H groups in total. The van der Waals surface area contributed by atoms with E-state index in [1.165, 1.54) is 16.9 Å². The monoisotopic (exact) mass is 424 g/mol. The maximum absolute atomic E-state index is 12.9. The minimum absolute atomic E-state index is 0.00284. The van der Waals surface area contributed by atoms with E-state index in [-0.39, 0.29) is 11.9 Å². The summed E-state index contributed by atoms with van der Waals surface area (Å²) >= 11 is 3.18. The zero-order valence-corrected chi connectivity index (χ0v) is 17.8. The van der Waals surface area contributed by atoms with Crippen LogP contribution in [-0.4, -0.2) is 62.2 Å². The molecule has 148 valence electrons. The number of fused-ring (bicyclic) bond motifs is 1. The van der Waals surface area contributed by atoms with E-state index in [0.29, 0.717) is 18.8 Å². The number of nitrogens with zero attached hydrogens (tertiary/aromatic N) is 6. The molecule has 0 aliphatic carbocycles. The lowest BCUT2D eigenvalue weighted by Crippen LogP contribution is -2.49. The first kappa shape index (κ1) is 18.4. The molecule has 1 aliphatic heterocycles. The lowest BCUT2D eigenvalue weighted by molar-refractivity contribution is 0.0537. The van der Waals surface area contributed by atoms with E-state index in [2.05, 4.69) is 56.2 Å². The average molecular weight is 425 g/mol. The summed E-state index contributed by atoms with van der Waals surface area (Å²) in [6, 6.07) is 6.27. The van der Waals surface area contributed by atoms with E-state index >= 15 is 0 Å². The molecule has 7 nitrogen and oxygen atoms in total. The molecule has 0 radical (unpaired) electrons. The van der Waals surface area contributed by atoms with Crippen molar-refractivity contribution in [3.8, 4) is 11.1 Å². The second-order valence-corrected chi connectivity index (χ2v) is 9.08. The Labute approximate surface area is 176 Å². The third-order valence-corrected chi connectivity index (χ3v) is 6.84. The Balaban J connectivity index is 1.44. The predicted molar refractivity (Wildman–Crippen MR) is 114 cm³/mol. The second-order valence-electron chi connectivity index (χ2n) is 7.23. The lowest BCUT2D eigenvalue weighted by Gasteiger charge is -2.38. The van der Waals surface area contributed by atoms with E-state index < -0.39 is 0 Å². The van der Waals surface area contributed by atoms with Crippen molar-refractivity contribution in [1.29, 1.82) is 0 Å². The van der Waals surface area contributed by atoms with Crippen LogP contribution in [0.15, 0.2) is 40.5 Å². The van der Waals surface area contributed by atoms with Gasteiger partial charge in [0.2, 0.25) is 0 Å². The Kier molecular flexibility index (Phi) is 4.65. The van der Waals surface area contributed by atoms with Gasteiger partial charge < -0.3 is 4.90 Å². The number of pyridine rings is 1. The van der Waals surface area contributed by atoms with Gasteiger partial charge in [-0.2, -0.15) is 11.3 Å². The van der Waals surface area contributed by atoms with Gasteiger partial charge in [-0.1, -0.05) is 11.3 Å². The standard InChI is InChI=1S/C20H20N6OS2/c1-13-21-16(12-29-13)20(27)25-7-6-24(2)18(10-25)19-17-4-3-14(9-26(17)23-22-19)15-5-8-28-11-15/h3-5,8-9,11-12,18H,6-7,10H2,1-2H3/t18-/m1/s1. The zero-order valence-electron chi connectivity index (χ0n) is 16.1. The smallest absolute Gasteiger partial charge is 0.273 e. The number of thiophene rings is 1. The first-order valence-electron chi connectivity index (χ1n) is 9.39. The number of hydrogen-bond donors (Lipinski definition) is 0. The van der Waals surface area contributed by atoms with Crippen molar-refractivity contribution in [2.24, 2.45) is 0 Å². The second kappa shape index (κ2) is 7.33. The molecule has 1 fully saturated rings. The number of amides is 1. The highest BCUT2D eigenvalue weighted by atomic mass is 32.1. The van der Waals surface area contributed by atoms with Crippen LogP contribution in [0, 0.1) is 6.92 Å². The number of piperazine rings is 1. The fourth-order valence-electron chi connectivity index (χ4n) is 3.73. The molecule has 1 aliphatic rings. The van der Waals surface area contributed by atoms with E-state index in [4.69, 9.17) is 0 Å². The third kappa shape index (κ3) is 3.35. The Morgan fingerprint density at radius 3 is 2.83 bits per heavy atom. The van der Waals surface area contributed by atoms with Gasteiger partial charge in [0, 0.05) is 36.8 Å². The molecule has 0 bridgehead atoms. The van der Waals surface area contributed by atoms with E-state index in [1.807, 2.05) is 27.9 Å². The van der Waals surface area contributed by atoms with Gasteiger partial charge in [0.15, 0.2) is 0 Å². The third-order valence-electron chi connectivity index (χ3n) is 5.38. The molecule has 4 aromatic rings. The normalized spacial score (nSPS) is 17.9. The number of carbonyl (C=O) groups is 1. The van der Waals surface area contributed by atoms with Crippen molar-refractivity contribution in [3.05, 3.63) is 56.9 Å². The van der Waals surface area contributed by atoms with Gasteiger partial charge in [-0.3, -0.25) is 9.69 Å². The molecule has 1 saturated heterocycles. The van der Waals surface area contributed by atoms with Crippen LogP contribution >= 0.6 is 22.7 Å². The zero-order chi connectivity index (χ0) is 20.0. The summed E-state index contributed by atoms with van der Waals surface area (Å²) < 4.78 is 1.83. The molecule has 9 heteroatoms. The molecule has 1 atom stereocenters. The van der Waals surface area contributed by atoms with Crippen LogP contribution in [0.2, 0.25) is 0 Å². The van der Waals surface area contributed by atoms with Crippen molar-refractivity contribution < 1.29 is 4.79 Å². The van der Waals surface area contributed by atoms with Gasteiger partial charge in [-0.15, -0.1) is 16.4 Å². The van der Waals surface area contributed by atoms with Gasteiger partial charge in [-0.05, 0) is 42.4 Å². The molecule has 0 aromatic carbocycles. The van der Waals surface area contributed by atoms with Crippen LogP contribution in [-0.2, 0) is 0 Å². The number of aromatic nitrogens is 4. The molecule has 0 saturated carbocycles. The summed E-state index contributed by atoms with van der Waals surface area (Å²) in [5.74, 6) is -0.0105. The number of aryl methyl sites for hydroxylation is 1. The molecule has 29 heavy (non-hydrogen) atoms. The van der Waals surface area contributed by atoms with Crippen LogP contribution in [0.4, 0.5) is 0 Å². The molecule has 4 aromatic heterocycles. The molecule has 5 rings (SSSR count). The molecule has 0 spiro atoms. The quantitative estimate of drug-likeness (QED) is 0.505. The Morgan fingerprint density at radius 2 is 2.07 bits per heavy atom. The Morgan fingerprint density at radius 1 is 1.17 bits per heavy atom. The highest BCUT2D eigenvalue weighted by Gasteiger charge is 2.32. The highest BCUT2D eigenvalue weighted by molar-refractivity contribution is 7.09. The van der Waals surface area contributed by atoms with Crippen molar-refractivity contribution in [1.82, 2.24) is 29.6 Å². The highest BCUT2D eigenvalue weighted by Crippen LogP contribution is 2.29. The van der Waals surface area contributed by atoms with Crippen molar-refractivity contribution in [3.63, 3.8) is 0 Å². The van der Waals surface area contributed by atoms with Gasteiger partial charge in [0.25, 0.3) is 5.91 Å². The van der Waals surface area contributed by atoms with Gasteiger partial charge in [0.1, 0.15) is 11.4 Å². The van der Waals surface area contributed by atoms with E-state index in [1.54, 1.807) is 11.3 Å². The van der Waals surface area contributed by atoms with E-state index in [0.717, 1.165) is 28.3 Å². The molecule has 0 unspecified atom stereocenters. The molecular formula is C20H20N6OS2. The summed E-state index contributed by atoms with van der Waals surface area (Å²) in [5, 5.41) is 15.8. The number of hydrogen-bond acceptors (Lipinski definition) is 7. The topological polar surface area (TPSA) is 66.6 Å². The largest absolute Gasteiger partial charge is 0.334 e. The molecule has 5 heterocycles. The van der Waals surface area contributed by atoms with Gasteiger partial charge in [-0.25, -0.2) is 9.50 Å². The van der Waals surface area contributed by atoms with Crippen LogP contribution in [0.5, 0.6) is 0 Å².